The van der Waals surface area contributed by atoms with Crippen LogP contribution in [-0.2, 0) is 0 Å². The highest BCUT2D eigenvalue weighted by Gasteiger charge is 2.41. The van der Waals surface area contributed by atoms with Gasteiger partial charge in [0.15, 0.2) is 5.78 Å². The van der Waals surface area contributed by atoms with Gasteiger partial charge in [-0.15, -0.1) is 0 Å². The molecule has 0 saturated carbocycles. The number of aromatic nitrogens is 1. The van der Waals surface area contributed by atoms with Crippen LogP contribution in [0.1, 0.15) is 83.4 Å². The minimum absolute atomic E-state index is 0.0102. The van der Waals surface area contributed by atoms with Gasteiger partial charge in [0.1, 0.15) is 5.82 Å². The van der Waals surface area contributed by atoms with Gasteiger partial charge in [0, 0.05) is 47.7 Å². The SMILES string of the molecule is CCCCNc1cc(C(=O)NC2CC3CCC(C2)N3c2ccc(C(C)=O)cn2)ccc1C(N)=O. The molecule has 2 saturated heterocycles. The van der Waals surface area contributed by atoms with Crippen LogP contribution >= 0.6 is 0 Å². The second kappa shape index (κ2) is 10.2. The molecule has 3 heterocycles. The number of nitrogens with two attached hydrogens (primary N) is 1. The van der Waals surface area contributed by atoms with Gasteiger partial charge in [-0.3, -0.25) is 14.4 Å². The molecule has 8 nitrogen and oxygen atoms in total. The molecule has 2 atom stereocenters. The number of piperidine rings is 1. The molecule has 0 radical (unpaired) electrons. The first-order valence-electron chi connectivity index (χ1n) is 12.1. The number of carbonyl (C=O) groups excluding carboxylic acids is 3. The second-order valence-corrected chi connectivity index (χ2v) is 9.30. The van der Waals surface area contributed by atoms with Crippen molar-refractivity contribution in [1.29, 1.82) is 0 Å². The fourth-order valence-corrected chi connectivity index (χ4v) is 5.13. The van der Waals surface area contributed by atoms with E-state index in [1.807, 2.05) is 12.1 Å². The highest BCUT2D eigenvalue weighted by atomic mass is 16.2. The molecule has 2 fully saturated rings. The molecule has 1 aromatic carbocycles. The molecule has 4 N–H and O–H groups in total. The van der Waals surface area contributed by atoms with Crippen LogP contribution in [0.2, 0.25) is 0 Å². The van der Waals surface area contributed by atoms with Crippen LogP contribution < -0.4 is 21.3 Å². The average Bonchev–Trinajstić information content (AvgIpc) is 3.09. The number of nitrogens with one attached hydrogen (secondary N) is 2. The van der Waals surface area contributed by atoms with E-state index in [0.717, 1.165) is 44.3 Å². The number of primary amides is 1. The summed E-state index contributed by atoms with van der Waals surface area (Å²) in [4.78, 5) is 43.3. The molecule has 2 aliphatic heterocycles. The summed E-state index contributed by atoms with van der Waals surface area (Å²) < 4.78 is 0. The smallest absolute Gasteiger partial charge is 0.251 e. The zero-order chi connectivity index (χ0) is 24.2. The van der Waals surface area contributed by atoms with Gasteiger partial charge in [0.25, 0.3) is 11.8 Å². The summed E-state index contributed by atoms with van der Waals surface area (Å²) in [5.74, 6) is 0.249. The minimum atomic E-state index is -0.514. The summed E-state index contributed by atoms with van der Waals surface area (Å²) in [6.45, 7) is 4.35. The van der Waals surface area contributed by atoms with Gasteiger partial charge in [0.05, 0.1) is 5.56 Å². The number of carbonyl (C=O) groups is 3. The Balaban J connectivity index is 1.42. The molecule has 2 unspecified atom stereocenters. The summed E-state index contributed by atoms with van der Waals surface area (Å²) in [7, 11) is 0. The molecular formula is C26H33N5O3. The van der Waals surface area contributed by atoms with E-state index in [2.05, 4.69) is 27.4 Å². The number of amides is 2. The zero-order valence-electron chi connectivity index (χ0n) is 19.8. The average molecular weight is 464 g/mol. The Labute approximate surface area is 200 Å². The molecule has 2 amide bonds. The highest BCUT2D eigenvalue weighted by molar-refractivity contribution is 6.02. The third kappa shape index (κ3) is 5.05. The van der Waals surface area contributed by atoms with Crippen LogP contribution in [0.3, 0.4) is 0 Å². The maximum Gasteiger partial charge on any atom is 0.251 e. The van der Waals surface area contributed by atoms with Crippen molar-refractivity contribution in [3.63, 3.8) is 0 Å². The number of anilines is 2. The number of hydrogen-bond acceptors (Lipinski definition) is 6. The van der Waals surface area contributed by atoms with Crippen LogP contribution in [0.4, 0.5) is 11.5 Å². The summed E-state index contributed by atoms with van der Waals surface area (Å²) in [6.07, 6.45) is 7.45. The third-order valence-electron chi connectivity index (χ3n) is 6.88. The van der Waals surface area contributed by atoms with Crippen molar-refractivity contribution < 1.29 is 14.4 Å². The van der Waals surface area contributed by atoms with Crippen LogP contribution in [0, 0.1) is 0 Å². The molecule has 2 bridgehead atoms. The normalized spacial score (nSPS) is 21.2. The predicted molar refractivity (Wildman–Crippen MR) is 132 cm³/mol. The summed E-state index contributed by atoms with van der Waals surface area (Å²) in [6, 6.07) is 9.44. The van der Waals surface area contributed by atoms with Gasteiger partial charge in [-0.1, -0.05) is 13.3 Å². The van der Waals surface area contributed by atoms with Gasteiger partial charge in [-0.25, -0.2) is 4.98 Å². The largest absolute Gasteiger partial charge is 0.384 e. The van der Waals surface area contributed by atoms with Crippen molar-refractivity contribution in [2.24, 2.45) is 5.73 Å². The Morgan fingerprint density at radius 3 is 2.38 bits per heavy atom. The van der Waals surface area contributed by atoms with E-state index in [9.17, 15) is 14.4 Å². The summed E-state index contributed by atoms with van der Waals surface area (Å²) >= 11 is 0. The van der Waals surface area contributed by atoms with E-state index in [-0.39, 0.29) is 17.7 Å². The van der Waals surface area contributed by atoms with E-state index < -0.39 is 5.91 Å². The standard InChI is InChI=1S/C26H33N5O3/c1-3-4-11-28-23-12-17(5-9-22(23)25(27)33)26(34)30-19-13-20-7-8-21(14-19)31(20)24-10-6-18(15-29-24)16(2)32/h5-6,9-10,12,15,19-21,28H,3-4,7-8,11,13-14H2,1-2H3,(H2,27,33)(H,30,34). The van der Waals surface area contributed by atoms with Crippen molar-refractivity contribution in [3.8, 4) is 0 Å². The maximum atomic E-state index is 13.0. The fraction of sp³-hybridized carbons (Fsp3) is 0.462. The Hall–Kier alpha value is -3.42. The molecule has 2 aliphatic rings. The Morgan fingerprint density at radius 2 is 1.79 bits per heavy atom. The van der Waals surface area contributed by atoms with E-state index in [0.29, 0.717) is 41.0 Å². The molecule has 1 aromatic heterocycles. The molecule has 0 aliphatic carbocycles. The first-order chi connectivity index (χ1) is 16.4. The molecule has 180 valence electrons. The third-order valence-corrected chi connectivity index (χ3v) is 6.88. The quantitative estimate of drug-likeness (QED) is 0.387. The Bertz CT molecular complexity index is 1050. The number of Topliss-reactive ketones (excluding diaryl/α,β-unsaturated/α-hetero) is 1. The monoisotopic (exact) mass is 463 g/mol. The number of nitrogens with zero attached hydrogens (tertiary/aromatic N) is 2. The van der Waals surface area contributed by atoms with Gasteiger partial charge in [0.2, 0.25) is 0 Å². The number of hydrogen-bond donors (Lipinski definition) is 3. The molecule has 8 heteroatoms. The van der Waals surface area contributed by atoms with Crippen LogP contribution in [-0.4, -0.2) is 47.3 Å². The van der Waals surface area contributed by atoms with Crippen molar-refractivity contribution in [2.45, 2.75) is 70.5 Å². The zero-order valence-corrected chi connectivity index (χ0v) is 19.8. The molecular weight excluding hydrogens is 430 g/mol. The number of rotatable bonds is 9. The highest BCUT2D eigenvalue weighted by Crippen LogP contribution is 2.38. The topological polar surface area (TPSA) is 117 Å². The Kier molecular flexibility index (Phi) is 7.14. The van der Waals surface area contributed by atoms with Crippen molar-refractivity contribution in [2.75, 3.05) is 16.8 Å². The maximum absolute atomic E-state index is 13.0. The number of unbranched alkanes of at least 4 members (excludes halogenated alkanes) is 1. The van der Waals surface area contributed by atoms with Crippen molar-refractivity contribution in [3.05, 3.63) is 53.2 Å². The van der Waals surface area contributed by atoms with E-state index in [1.165, 1.54) is 0 Å². The lowest BCUT2D eigenvalue weighted by Crippen LogP contribution is -2.50. The van der Waals surface area contributed by atoms with Crippen LogP contribution in [0.5, 0.6) is 0 Å². The van der Waals surface area contributed by atoms with E-state index >= 15 is 0 Å². The minimum Gasteiger partial charge on any atom is -0.384 e. The molecule has 34 heavy (non-hydrogen) atoms. The predicted octanol–water partition coefficient (Wildman–Crippen LogP) is 3.52. The Morgan fingerprint density at radius 1 is 1.09 bits per heavy atom. The second-order valence-electron chi connectivity index (χ2n) is 9.30. The summed E-state index contributed by atoms with van der Waals surface area (Å²) in [5.41, 5.74) is 7.63. The number of ketones is 1. The number of pyridine rings is 1. The number of fused-ring (bicyclic) bond motifs is 2. The van der Waals surface area contributed by atoms with Gasteiger partial charge >= 0.3 is 0 Å². The van der Waals surface area contributed by atoms with Gasteiger partial charge in [-0.05, 0) is 69.4 Å². The molecule has 4 rings (SSSR count). The molecule has 2 aromatic rings. The van der Waals surface area contributed by atoms with Crippen LogP contribution in [0.15, 0.2) is 36.5 Å². The van der Waals surface area contributed by atoms with E-state index in [1.54, 1.807) is 31.3 Å². The van der Waals surface area contributed by atoms with Gasteiger partial charge < -0.3 is 21.3 Å². The first kappa shape index (κ1) is 23.7. The summed E-state index contributed by atoms with van der Waals surface area (Å²) in [5, 5.41) is 6.44. The van der Waals surface area contributed by atoms with E-state index in [4.69, 9.17) is 5.73 Å². The van der Waals surface area contributed by atoms with Crippen molar-refractivity contribution >= 4 is 29.1 Å². The molecule has 0 spiro atoms. The number of benzene rings is 1. The lowest BCUT2D eigenvalue weighted by Gasteiger charge is -2.40. The first-order valence-corrected chi connectivity index (χ1v) is 12.1. The fourth-order valence-electron chi connectivity index (χ4n) is 5.13. The van der Waals surface area contributed by atoms with Crippen molar-refractivity contribution in [1.82, 2.24) is 10.3 Å². The van der Waals surface area contributed by atoms with Crippen LogP contribution in [0.25, 0.3) is 0 Å². The van der Waals surface area contributed by atoms with Gasteiger partial charge in [-0.2, -0.15) is 0 Å². The lowest BCUT2D eigenvalue weighted by molar-refractivity contribution is 0.0924. The lowest BCUT2D eigenvalue weighted by atomic mass is 9.96.